The second-order valence-corrected chi connectivity index (χ2v) is 7.38. The molecule has 0 atom stereocenters. The SMILES string of the molecule is Cc1cnc(NC(=O)c2nn(-c3ccc(Cl)cc3F)c3cc(C)c(C)nc3c2=O)cn1. The van der Waals surface area contributed by atoms with Crippen molar-refractivity contribution < 1.29 is 9.18 Å². The Labute approximate surface area is 180 Å². The van der Waals surface area contributed by atoms with Gasteiger partial charge in [0.15, 0.2) is 11.5 Å². The largest absolute Gasteiger partial charge is 0.304 e. The fraction of sp³-hybridized carbons (Fsp3) is 0.143. The first kappa shape index (κ1) is 20.5. The van der Waals surface area contributed by atoms with Gasteiger partial charge in [0.2, 0.25) is 5.43 Å². The van der Waals surface area contributed by atoms with Crippen molar-refractivity contribution in [2.75, 3.05) is 5.32 Å². The number of nitrogens with one attached hydrogen (secondary N) is 1. The minimum absolute atomic E-state index is 0.00686. The smallest absolute Gasteiger partial charge is 0.281 e. The molecule has 156 valence electrons. The van der Waals surface area contributed by atoms with Gasteiger partial charge in [-0.3, -0.25) is 14.6 Å². The van der Waals surface area contributed by atoms with Crippen LogP contribution in [-0.2, 0) is 0 Å². The van der Waals surface area contributed by atoms with Gasteiger partial charge in [0.05, 0.1) is 23.6 Å². The lowest BCUT2D eigenvalue weighted by atomic mass is 10.1. The lowest BCUT2D eigenvalue weighted by Crippen LogP contribution is -2.28. The number of anilines is 1. The van der Waals surface area contributed by atoms with Gasteiger partial charge in [-0.15, -0.1) is 0 Å². The lowest BCUT2D eigenvalue weighted by Gasteiger charge is -2.14. The zero-order chi connectivity index (χ0) is 22.3. The zero-order valence-electron chi connectivity index (χ0n) is 16.8. The van der Waals surface area contributed by atoms with E-state index in [1.54, 1.807) is 19.9 Å². The minimum atomic E-state index is -0.812. The van der Waals surface area contributed by atoms with Gasteiger partial charge in [-0.1, -0.05) is 11.6 Å². The van der Waals surface area contributed by atoms with Crippen molar-refractivity contribution in [3.63, 3.8) is 0 Å². The maximum atomic E-state index is 14.7. The first-order chi connectivity index (χ1) is 14.7. The molecule has 0 bridgehead atoms. The molecule has 0 aliphatic carbocycles. The topological polar surface area (TPSA) is 103 Å². The Morgan fingerprint density at radius 1 is 1.13 bits per heavy atom. The number of amides is 1. The number of carbonyl (C=O) groups is 1. The van der Waals surface area contributed by atoms with E-state index in [1.807, 2.05) is 6.92 Å². The van der Waals surface area contributed by atoms with Gasteiger partial charge in [-0.2, -0.15) is 5.10 Å². The fourth-order valence-electron chi connectivity index (χ4n) is 2.95. The van der Waals surface area contributed by atoms with Gasteiger partial charge in [0.25, 0.3) is 5.91 Å². The molecule has 8 nitrogen and oxygen atoms in total. The molecule has 0 aliphatic heterocycles. The standard InChI is InChI=1S/C21H16ClFN6O2/c1-10-6-16-18(26-12(10)3)20(30)19(21(31)27-17-9-24-11(2)8-25-17)28-29(16)15-5-4-13(22)7-14(15)23/h4-9H,1-3H3,(H,25,27,31). The number of halogens is 2. The third kappa shape index (κ3) is 3.87. The predicted octanol–water partition coefficient (Wildman–Crippen LogP) is 3.54. The summed E-state index contributed by atoms with van der Waals surface area (Å²) in [5, 5.41) is 6.86. The maximum Gasteiger partial charge on any atom is 0.281 e. The normalized spacial score (nSPS) is 11.0. The van der Waals surface area contributed by atoms with Crippen LogP contribution in [0.25, 0.3) is 16.7 Å². The summed E-state index contributed by atoms with van der Waals surface area (Å²) in [6.07, 6.45) is 2.83. The van der Waals surface area contributed by atoms with Crippen LogP contribution in [0.1, 0.15) is 27.4 Å². The fourth-order valence-corrected chi connectivity index (χ4v) is 3.11. The predicted molar refractivity (Wildman–Crippen MR) is 114 cm³/mol. The van der Waals surface area contributed by atoms with Gasteiger partial charge in [-0.05, 0) is 50.6 Å². The molecule has 0 aliphatic rings. The molecule has 1 N–H and O–H groups in total. The van der Waals surface area contributed by atoms with Crippen molar-refractivity contribution in [1.29, 1.82) is 0 Å². The van der Waals surface area contributed by atoms with Crippen LogP contribution in [0.5, 0.6) is 0 Å². The van der Waals surface area contributed by atoms with Crippen LogP contribution >= 0.6 is 11.6 Å². The minimum Gasteiger partial charge on any atom is -0.304 e. The van der Waals surface area contributed by atoms with Gasteiger partial charge >= 0.3 is 0 Å². The summed E-state index contributed by atoms with van der Waals surface area (Å²) in [5.74, 6) is -1.33. The number of nitrogens with zero attached hydrogens (tertiary/aromatic N) is 5. The number of carbonyl (C=O) groups excluding carboxylic acids is 1. The molecule has 4 rings (SSSR count). The average Bonchev–Trinajstić information content (AvgIpc) is 2.72. The summed E-state index contributed by atoms with van der Waals surface area (Å²) in [6, 6.07) is 5.70. The molecule has 1 aromatic carbocycles. The Kier molecular flexibility index (Phi) is 5.20. The van der Waals surface area contributed by atoms with E-state index in [0.717, 1.165) is 11.6 Å². The third-order valence-corrected chi connectivity index (χ3v) is 4.92. The highest BCUT2D eigenvalue weighted by atomic mass is 35.5. The Morgan fingerprint density at radius 2 is 1.90 bits per heavy atom. The second kappa shape index (κ2) is 7.84. The van der Waals surface area contributed by atoms with Crippen LogP contribution in [0.3, 0.4) is 0 Å². The number of hydrogen-bond acceptors (Lipinski definition) is 6. The summed E-state index contributed by atoms with van der Waals surface area (Å²) in [5.41, 5.74) is 1.19. The first-order valence-corrected chi connectivity index (χ1v) is 9.59. The number of hydrogen-bond donors (Lipinski definition) is 1. The van der Waals surface area contributed by atoms with Crippen molar-refractivity contribution in [2.24, 2.45) is 0 Å². The van der Waals surface area contributed by atoms with E-state index in [2.05, 4.69) is 25.4 Å². The Morgan fingerprint density at radius 3 is 2.58 bits per heavy atom. The summed E-state index contributed by atoms with van der Waals surface area (Å²) >= 11 is 5.87. The highest BCUT2D eigenvalue weighted by molar-refractivity contribution is 6.30. The quantitative estimate of drug-likeness (QED) is 0.524. The van der Waals surface area contributed by atoms with Gasteiger partial charge in [0.1, 0.15) is 17.0 Å². The Hall–Kier alpha value is -3.72. The third-order valence-electron chi connectivity index (χ3n) is 4.68. The summed E-state index contributed by atoms with van der Waals surface area (Å²) in [7, 11) is 0. The lowest BCUT2D eigenvalue weighted by molar-refractivity contribution is 0.101. The second-order valence-electron chi connectivity index (χ2n) is 6.94. The van der Waals surface area contributed by atoms with Crippen LogP contribution in [0.15, 0.2) is 41.5 Å². The molecule has 3 heterocycles. The van der Waals surface area contributed by atoms with E-state index in [9.17, 15) is 14.0 Å². The van der Waals surface area contributed by atoms with Crippen LogP contribution in [-0.4, -0.2) is 30.6 Å². The molecule has 0 radical (unpaired) electrons. The number of fused-ring (bicyclic) bond motifs is 1. The summed E-state index contributed by atoms with van der Waals surface area (Å²) in [4.78, 5) is 38.3. The molecular formula is C21H16ClFN6O2. The molecule has 0 spiro atoms. The summed E-state index contributed by atoms with van der Waals surface area (Å²) in [6.45, 7) is 5.30. The molecule has 0 saturated carbocycles. The number of benzene rings is 1. The van der Waals surface area contributed by atoms with E-state index >= 15 is 0 Å². The number of pyridine rings is 1. The van der Waals surface area contributed by atoms with Gasteiger partial charge in [0, 0.05) is 10.7 Å². The number of rotatable bonds is 3. The van der Waals surface area contributed by atoms with Crippen molar-refractivity contribution in [3.05, 3.63) is 80.4 Å². The van der Waals surface area contributed by atoms with E-state index < -0.39 is 22.8 Å². The van der Waals surface area contributed by atoms with Crippen molar-refractivity contribution in [2.45, 2.75) is 20.8 Å². The van der Waals surface area contributed by atoms with Crippen LogP contribution in [0.4, 0.5) is 10.2 Å². The van der Waals surface area contributed by atoms with Crippen LogP contribution < -0.4 is 10.7 Å². The molecule has 0 unspecified atom stereocenters. The van der Waals surface area contributed by atoms with E-state index in [0.29, 0.717) is 11.4 Å². The molecular weight excluding hydrogens is 423 g/mol. The van der Waals surface area contributed by atoms with Crippen LogP contribution in [0, 0.1) is 26.6 Å². The molecule has 1 amide bonds. The molecule has 0 saturated heterocycles. The van der Waals surface area contributed by atoms with Crippen molar-refractivity contribution >= 4 is 34.4 Å². The molecule has 31 heavy (non-hydrogen) atoms. The molecule has 4 aromatic rings. The monoisotopic (exact) mass is 438 g/mol. The van der Waals surface area contributed by atoms with Gasteiger partial charge in [-0.25, -0.2) is 19.0 Å². The van der Waals surface area contributed by atoms with E-state index in [4.69, 9.17) is 11.6 Å². The number of aryl methyl sites for hydroxylation is 3. The van der Waals surface area contributed by atoms with Gasteiger partial charge < -0.3 is 5.32 Å². The first-order valence-electron chi connectivity index (χ1n) is 9.21. The maximum absolute atomic E-state index is 14.7. The summed E-state index contributed by atoms with van der Waals surface area (Å²) < 4.78 is 15.9. The van der Waals surface area contributed by atoms with E-state index in [-0.39, 0.29) is 27.6 Å². The highest BCUT2D eigenvalue weighted by Crippen LogP contribution is 2.22. The number of aromatic nitrogens is 5. The average molecular weight is 439 g/mol. The molecule has 10 heteroatoms. The highest BCUT2D eigenvalue weighted by Gasteiger charge is 2.21. The van der Waals surface area contributed by atoms with E-state index in [1.165, 1.54) is 29.2 Å². The zero-order valence-corrected chi connectivity index (χ0v) is 17.5. The Balaban J connectivity index is 1.95. The molecule has 3 aromatic heterocycles. The molecule has 0 fully saturated rings. The Bertz CT molecular complexity index is 1400. The van der Waals surface area contributed by atoms with Crippen molar-refractivity contribution in [1.82, 2.24) is 24.7 Å². The van der Waals surface area contributed by atoms with Crippen molar-refractivity contribution in [3.8, 4) is 5.69 Å². The van der Waals surface area contributed by atoms with Crippen LogP contribution in [0.2, 0.25) is 5.02 Å².